The fourth-order valence-electron chi connectivity index (χ4n) is 2.56. The molecule has 0 spiro atoms. The largest absolute Gasteiger partial charge is 0.483 e. The van der Waals surface area contributed by atoms with Crippen LogP contribution in [0.1, 0.15) is 21.3 Å². The molecule has 0 aliphatic rings. The van der Waals surface area contributed by atoms with Gasteiger partial charge in [0.25, 0.3) is 5.91 Å². The molecule has 29 heavy (non-hydrogen) atoms. The van der Waals surface area contributed by atoms with Gasteiger partial charge in [0.2, 0.25) is 0 Å². The summed E-state index contributed by atoms with van der Waals surface area (Å²) in [5.74, 6) is 1.51. The van der Waals surface area contributed by atoms with Gasteiger partial charge >= 0.3 is 0 Å². The average Bonchev–Trinajstić information content (AvgIpc) is 3.38. The van der Waals surface area contributed by atoms with Crippen LogP contribution in [0.15, 0.2) is 51.5 Å². The van der Waals surface area contributed by atoms with Crippen molar-refractivity contribution in [1.82, 2.24) is 25.7 Å². The van der Waals surface area contributed by atoms with Crippen molar-refractivity contribution in [2.45, 2.75) is 17.9 Å². The Morgan fingerprint density at radius 2 is 2.17 bits per heavy atom. The van der Waals surface area contributed by atoms with Crippen LogP contribution in [0.2, 0.25) is 0 Å². The summed E-state index contributed by atoms with van der Waals surface area (Å²) in [6.45, 7) is 2.55. The number of benzene rings is 1. The van der Waals surface area contributed by atoms with Gasteiger partial charge < -0.3 is 14.6 Å². The van der Waals surface area contributed by atoms with Crippen molar-refractivity contribution in [3.05, 3.63) is 59.1 Å². The minimum Gasteiger partial charge on any atom is -0.483 e. The molecule has 8 nitrogen and oxygen atoms in total. The molecule has 0 aliphatic heterocycles. The molecule has 10 heteroatoms. The van der Waals surface area contributed by atoms with Gasteiger partial charge in [0.15, 0.2) is 15.8 Å². The number of carbonyl (C=O) groups is 1. The molecule has 3 aromatic heterocycles. The van der Waals surface area contributed by atoms with Crippen LogP contribution in [0.3, 0.4) is 0 Å². The third-order valence-electron chi connectivity index (χ3n) is 3.88. The number of hydrogen-bond acceptors (Lipinski definition) is 9. The molecule has 3 heterocycles. The van der Waals surface area contributed by atoms with Crippen LogP contribution < -0.4 is 10.1 Å². The lowest BCUT2D eigenvalue weighted by molar-refractivity contribution is 0.0947. The van der Waals surface area contributed by atoms with E-state index in [1.807, 2.05) is 37.3 Å². The predicted octanol–water partition coefficient (Wildman–Crippen LogP) is 3.48. The Bertz CT molecular complexity index is 1120. The number of rotatable bonds is 8. The minimum atomic E-state index is -0.291. The van der Waals surface area contributed by atoms with Gasteiger partial charge in [0.1, 0.15) is 22.9 Å². The molecule has 148 valence electrons. The maximum atomic E-state index is 12.2. The fourth-order valence-corrected chi connectivity index (χ4v) is 4.30. The van der Waals surface area contributed by atoms with Crippen molar-refractivity contribution >= 4 is 39.9 Å². The molecule has 1 N–H and O–H groups in total. The second kappa shape index (κ2) is 9.01. The molecule has 0 unspecified atom stereocenters. The molecule has 0 bridgehead atoms. The van der Waals surface area contributed by atoms with E-state index in [4.69, 9.17) is 9.26 Å². The molecule has 1 amide bonds. The second-order valence-electron chi connectivity index (χ2n) is 5.99. The lowest BCUT2D eigenvalue weighted by Gasteiger charge is -2.06. The topological polar surface area (TPSA) is 103 Å². The zero-order valence-corrected chi connectivity index (χ0v) is 17.1. The van der Waals surface area contributed by atoms with Gasteiger partial charge in [-0.15, -0.1) is 10.2 Å². The molecular formula is C19H17N5O3S2. The molecule has 0 radical (unpaired) electrons. The summed E-state index contributed by atoms with van der Waals surface area (Å²) >= 11 is 3.08. The summed E-state index contributed by atoms with van der Waals surface area (Å²) < 4.78 is 11.9. The second-order valence-corrected chi connectivity index (χ2v) is 8.51. The molecule has 0 fully saturated rings. The van der Waals surface area contributed by atoms with Crippen LogP contribution in [0.5, 0.6) is 5.75 Å². The van der Waals surface area contributed by atoms with Crippen molar-refractivity contribution in [3.63, 3.8) is 0 Å². The van der Waals surface area contributed by atoms with Gasteiger partial charge in [-0.25, -0.2) is 0 Å². The van der Waals surface area contributed by atoms with Crippen molar-refractivity contribution in [2.75, 3.05) is 12.3 Å². The number of aromatic nitrogens is 4. The number of aryl methyl sites for hydroxylation is 1. The van der Waals surface area contributed by atoms with E-state index in [0.717, 1.165) is 20.3 Å². The first-order chi connectivity index (χ1) is 14.2. The Morgan fingerprint density at radius 3 is 3.03 bits per heavy atom. The summed E-state index contributed by atoms with van der Waals surface area (Å²) in [5, 5.41) is 16.5. The van der Waals surface area contributed by atoms with E-state index in [1.54, 1.807) is 24.0 Å². The van der Waals surface area contributed by atoms with Crippen molar-refractivity contribution in [2.24, 2.45) is 0 Å². The van der Waals surface area contributed by atoms with E-state index in [2.05, 4.69) is 25.7 Å². The van der Waals surface area contributed by atoms with E-state index >= 15 is 0 Å². The highest BCUT2D eigenvalue weighted by Crippen LogP contribution is 2.24. The summed E-state index contributed by atoms with van der Waals surface area (Å²) in [7, 11) is 0. The summed E-state index contributed by atoms with van der Waals surface area (Å²) in [5.41, 5.74) is 0.993. The van der Waals surface area contributed by atoms with Gasteiger partial charge in [-0.3, -0.25) is 9.78 Å². The van der Waals surface area contributed by atoms with Crippen LogP contribution in [0.4, 0.5) is 0 Å². The number of fused-ring (bicyclic) bond motifs is 1. The van der Waals surface area contributed by atoms with E-state index < -0.39 is 0 Å². The van der Waals surface area contributed by atoms with Crippen molar-refractivity contribution in [3.8, 4) is 5.75 Å². The zero-order valence-electron chi connectivity index (χ0n) is 15.5. The standard InChI is InChI=1S/C19H17N5O3S2/c1-12-22-23-19(29-12)28-9-8-21-18(25)15-10-14(27-24-15)11-26-16-6-2-4-13-5-3-7-20-17(13)16/h2-7,10H,8-9,11H2,1H3,(H,21,25). The number of ether oxygens (including phenoxy) is 1. The normalized spacial score (nSPS) is 10.9. The monoisotopic (exact) mass is 427 g/mol. The van der Waals surface area contributed by atoms with Crippen LogP contribution in [0.25, 0.3) is 10.9 Å². The number of para-hydroxylation sites is 1. The van der Waals surface area contributed by atoms with E-state index in [1.165, 1.54) is 11.3 Å². The number of nitrogens with one attached hydrogen (secondary N) is 1. The fraction of sp³-hybridized carbons (Fsp3) is 0.211. The smallest absolute Gasteiger partial charge is 0.273 e. The number of thioether (sulfide) groups is 1. The zero-order chi connectivity index (χ0) is 20.1. The Hall–Kier alpha value is -2.98. The molecule has 0 aliphatic carbocycles. The van der Waals surface area contributed by atoms with Gasteiger partial charge in [-0.05, 0) is 19.1 Å². The van der Waals surface area contributed by atoms with Gasteiger partial charge in [0, 0.05) is 29.9 Å². The molecule has 0 atom stereocenters. The van der Waals surface area contributed by atoms with Crippen LogP contribution in [-0.4, -0.2) is 38.5 Å². The first-order valence-corrected chi connectivity index (χ1v) is 10.6. The molecule has 0 saturated carbocycles. The number of carbonyl (C=O) groups excluding carboxylic acids is 1. The van der Waals surface area contributed by atoms with Gasteiger partial charge in [-0.2, -0.15) is 0 Å². The Labute approximate surface area is 174 Å². The van der Waals surface area contributed by atoms with E-state index in [-0.39, 0.29) is 18.2 Å². The first-order valence-electron chi connectivity index (χ1n) is 8.82. The summed E-state index contributed by atoms with van der Waals surface area (Å²) in [6.07, 6.45) is 1.72. The highest BCUT2D eigenvalue weighted by molar-refractivity contribution is 8.01. The molecule has 4 aromatic rings. The van der Waals surface area contributed by atoms with Gasteiger partial charge in [-0.1, -0.05) is 46.5 Å². The van der Waals surface area contributed by atoms with E-state index in [9.17, 15) is 4.79 Å². The Morgan fingerprint density at radius 1 is 1.28 bits per heavy atom. The lowest BCUT2D eigenvalue weighted by Crippen LogP contribution is -2.25. The third-order valence-corrected chi connectivity index (χ3v) is 5.85. The maximum Gasteiger partial charge on any atom is 0.273 e. The number of hydrogen-bond donors (Lipinski definition) is 1. The first kappa shape index (κ1) is 19.3. The maximum absolute atomic E-state index is 12.2. The quantitative estimate of drug-likeness (QED) is 0.337. The molecule has 0 saturated heterocycles. The average molecular weight is 428 g/mol. The van der Waals surface area contributed by atoms with Gasteiger partial charge in [0.05, 0.1) is 0 Å². The molecular weight excluding hydrogens is 410 g/mol. The Kier molecular flexibility index (Phi) is 6.01. The number of pyridine rings is 1. The lowest BCUT2D eigenvalue weighted by atomic mass is 10.2. The number of nitrogens with zero attached hydrogens (tertiary/aromatic N) is 4. The third kappa shape index (κ3) is 4.90. The summed E-state index contributed by atoms with van der Waals surface area (Å²) in [6, 6.07) is 11.1. The minimum absolute atomic E-state index is 0.155. The van der Waals surface area contributed by atoms with Crippen LogP contribution in [-0.2, 0) is 6.61 Å². The van der Waals surface area contributed by atoms with E-state index in [0.29, 0.717) is 23.8 Å². The molecule has 1 aromatic carbocycles. The highest BCUT2D eigenvalue weighted by Gasteiger charge is 2.13. The molecule has 4 rings (SSSR count). The van der Waals surface area contributed by atoms with Crippen molar-refractivity contribution < 1.29 is 14.1 Å². The number of amides is 1. The predicted molar refractivity (Wildman–Crippen MR) is 110 cm³/mol. The highest BCUT2D eigenvalue weighted by atomic mass is 32.2. The van der Waals surface area contributed by atoms with Crippen molar-refractivity contribution in [1.29, 1.82) is 0 Å². The Balaban J connectivity index is 1.28. The SMILES string of the molecule is Cc1nnc(SCCNC(=O)c2cc(COc3cccc4cccnc34)on2)s1. The van der Waals surface area contributed by atoms with Crippen LogP contribution >= 0.6 is 23.1 Å². The van der Waals surface area contributed by atoms with Crippen LogP contribution in [0, 0.1) is 6.92 Å². The summed E-state index contributed by atoms with van der Waals surface area (Å²) in [4.78, 5) is 16.6.